The lowest BCUT2D eigenvalue weighted by atomic mass is 10.1. The SMILES string of the molecule is CCCCCCOc1ccc(C(=O)NC(=S)NNC(=O)C2CC(=O)N(Cc3ccccc3)C2)cc1. The maximum Gasteiger partial charge on any atom is 0.257 e. The van der Waals surface area contributed by atoms with Crippen molar-refractivity contribution in [3.8, 4) is 5.75 Å². The van der Waals surface area contributed by atoms with E-state index >= 15 is 0 Å². The van der Waals surface area contributed by atoms with Crippen molar-refractivity contribution in [2.24, 2.45) is 5.92 Å². The molecule has 3 rings (SSSR count). The highest BCUT2D eigenvalue weighted by atomic mass is 32.1. The number of likely N-dealkylation sites (tertiary alicyclic amines) is 1. The number of hydrazine groups is 1. The summed E-state index contributed by atoms with van der Waals surface area (Å²) >= 11 is 5.11. The standard InChI is InChI=1S/C26H32N4O4S/c1-2-3-4-8-15-34-22-13-11-20(12-14-22)24(32)27-26(35)29-28-25(33)21-16-23(31)30(18-21)17-19-9-6-5-7-10-19/h5-7,9-14,21H,2-4,8,15-18H2,1H3,(H,28,33)(H2,27,29,32,35). The number of rotatable bonds is 10. The Morgan fingerprint density at radius 2 is 1.77 bits per heavy atom. The fourth-order valence-electron chi connectivity index (χ4n) is 3.75. The van der Waals surface area contributed by atoms with Gasteiger partial charge in [-0.3, -0.25) is 30.6 Å². The minimum absolute atomic E-state index is 0.0370. The highest BCUT2D eigenvalue weighted by Crippen LogP contribution is 2.20. The van der Waals surface area contributed by atoms with Gasteiger partial charge in [0.05, 0.1) is 12.5 Å². The number of nitrogens with one attached hydrogen (secondary N) is 3. The predicted molar refractivity (Wildman–Crippen MR) is 137 cm³/mol. The molecule has 1 atom stereocenters. The molecular weight excluding hydrogens is 464 g/mol. The van der Waals surface area contributed by atoms with Gasteiger partial charge in [0.15, 0.2) is 5.11 Å². The third kappa shape index (κ3) is 8.36. The number of carbonyl (C=O) groups excluding carboxylic acids is 3. The van der Waals surface area contributed by atoms with E-state index in [4.69, 9.17) is 17.0 Å². The van der Waals surface area contributed by atoms with Gasteiger partial charge in [-0.05, 0) is 48.5 Å². The van der Waals surface area contributed by atoms with Crippen LogP contribution in [-0.4, -0.2) is 40.9 Å². The van der Waals surface area contributed by atoms with E-state index in [1.165, 1.54) is 12.8 Å². The van der Waals surface area contributed by atoms with Crippen molar-refractivity contribution in [1.29, 1.82) is 0 Å². The largest absolute Gasteiger partial charge is 0.494 e. The second kappa shape index (κ2) is 13.4. The summed E-state index contributed by atoms with van der Waals surface area (Å²) in [6.45, 7) is 3.61. The Morgan fingerprint density at radius 3 is 2.49 bits per heavy atom. The number of hydrogen-bond acceptors (Lipinski definition) is 5. The first-order chi connectivity index (χ1) is 17.0. The zero-order valence-electron chi connectivity index (χ0n) is 19.9. The van der Waals surface area contributed by atoms with Gasteiger partial charge in [-0.25, -0.2) is 0 Å². The lowest BCUT2D eigenvalue weighted by Gasteiger charge is -2.17. The van der Waals surface area contributed by atoms with E-state index in [1.807, 2.05) is 30.3 Å². The molecule has 0 bridgehead atoms. The quantitative estimate of drug-likeness (QED) is 0.265. The topological polar surface area (TPSA) is 99.8 Å². The lowest BCUT2D eigenvalue weighted by Crippen LogP contribution is -2.50. The van der Waals surface area contributed by atoms with Crippen LogP contribution in [0.1, 0.15) is 54.9 Å². The predicted octanol–water partition coefficient (Wildman–Crippen LogP) is 3.33. The summed E-state index contributed by atoms with van der Waals surface area (Å²) in [6.07, 6.45) is 4.65. The summed E-state index contributed by atoms with van der Waals surface area (Å²) in [5, 5.41) is 2.49. The molecule has 1 fully saturated rings. The van der Waals surface area contributed by atoms with E-state index in [2.05, 4.69) is 23.1 Å². The first-order valence-corrected chi connectivity index (χ1v) is 12.3. The third-order valence-corrected chi connectivity index (χ3v) is 5.92. The molecule has 0 aliphatic carbocycles. The zero-order valence-corrected chi connectivity index (χ0v) is 20.7. The van der Waals surface area contributed by atoms with E-state index in [9.17, 15) is 14.4 Å². The molecule has 186 valence electrons. The molecule has 1 aliphatic heterocycles. The van der Waals surface area contributed by atoms with Gasteiger partial charge in [-0.2, -0.15) is 0 Å². The van der Waals surface area contributed by atoms with Gasteiger partial charge in [0.2, 0.25) is 11.8 Å². The molecular formula is C26H32N4O4S. The van der Waals surface area contributed by atoms with Gasteiger partial charge in [0.25, 0.3) is 5.91 Å². The van der Waals surface area contributed by atoms with Crippen LogP contribution in [0.25, 0.3) is 0 Å². The molecule has 3 amide bonds. The molecule has 3 N–H and O–H groups in total. The van der Waals surface area contributed by atoms with Crippen LogP contribution in [0, 0.1) is 5.92 Å². The molecule has 2 aromatic rings. The molecule has 8 nitrogen and oxygen atoms in total. The van der Waals surface area contributed by atoms with Crippen LogP contribution in [0.4, 0.5) is 0 Å². The lowest BCUT2D eigenvalue weighted by molar-refractivity contribution is -0.129. The summed E-state index contributed by atoms with van der Waals surface area (Å²) in [5.41, 5.74) is 6.45. The van der Waals surface area contributed by atoms with Gasteiger partial charge >= 0.3 is 0 Å². The molecule has 0 saturated carbocycles. The number of amides is 3. The van der Waals surface area contributed by atoms with Gasteiger partial charge in [0, 0.05) is 25.1 Å². The first kappa shape index (κ1) is 26.2. The molecule has 9 heteroatoms. The smallest absolute Gasteiger partial charge is 0.257 e. The van der Waals surface area contributed by atoms with Crippen LogP contribution in [0.3, 0.4) is 0 Å². The van der Waals surface area contributed by atoms with Gasteiger partial charge in [-0.15, -0.1) is 0 Å². The maximum absolute atomic E-state index is 12.5. The van der Waals surface area contributed by atoms with E-state index in [1.54, 1.807) is 29.2 Å². The van der Waals surface area contributed by atoms with Crippen molar-refractivity contribution in [2.45, 2.75) is 45.6 Å². The fraction of sp³-hybridized carbons (Fsp3) is 0.385. The molecule has 1 heterocycles. The summed E-state index contributed by atoms with van der Waals surface area (Å²) in [7, 11) is 0. The average molecular weight is 497 g/mol. The van der Waals surface area contributed by atoms with Crippen molar-refractivity contribution >= 4 is 35.1 Å². The Hall–Kier alpha value is -3.46. The van der Waals surface area contributed by atoms with Gasteiger partial charge < -0.3 is 9.64 Å². The third-order valence-electron chi connectivity index (χ3n) is 5.71. The normalized spacial score (nSPS) is 14.9. The number of ether oxygens (including phenoxy) is 1. The second-order valence-corrected chi connectivity index (χ2v) is 8.90. The van der Waals surface area contributed by atoms with E-state index in [-0.39, 0.29) is 23.3 Å². The Balaban J connectivity index is 1.38. The van der Waals surface area contributed by atoms with Crippen LogP contribution in [0.5, 0.6) is 5.75 Å². The monoisotopic (exact) mass is 496 g/mol. The highest BCUT2D eigenvalue weighted by molar-refractivity contribution is 7.80. The summed E-state index contributed by atoms with van der Waals surface area (Å²) in [6, 6.07) is 16.4. The summed E-state index contributed by atoms with van der Waals surface area (Å²) in [5.74, 6) is -0.620. The van der Waals surface area contributed by atoms with Gasteiger partial charge in [0.1, 0.15) is 5.75 Å². The van der Waals surface area contributed by atoms with Crippen LogP contribution < -0.4 is 20.9 Å². The highest BCUT2D eigenvalue weighted by Gasteiger charge is 2.34. The average Bonchev–Trinajstić information content (AvgIpc) is 3.23. The molecule has 1 unspecified atom stereocenters. The molecule has 0 radical (unpaired) electrons. The van der Waals surface area contributed by atoms with Crippen molar-refractivity contribution in [1.82, 2.24) is 21.1 Å². The Kier molecular flexibility index (Phi) is 10.0. The summed E-state index contributed by atoms with van der Waals surface area (Å²) < 4.78 is 5.69. The van der Waals surface area contributed by atoms with Gasteiger partial charge in [-0.1, -0.05) is 56.5 Å². The fourth-order valence-corrected chi connectivity index (χ4v) is 3.90. The van der Waals surface area contributed by atoms with E-state index in [0.717, 1.165) is 18.4 Å². The number of hydrogen-bond donors (Lipinski definition) is 3. The number of benzene rings is 2. The zero-order chi connectivity index (χ0) is 25.0. The number of carbonyl (C=O) groups is 3. The summed E-state index contributed by atoms with van der Waals surface area (Å²) in [4.78, 5) is 38.9. The minimum atomic E-state index is -0.494. The van der Waals surface area contributed by atoms with Crippen molar-refractivity contribution in [2.75, 3.05) is 13.2 Å². The number of unbranched alkanes of at least 4 members (excludes halogenated alkanes) is 3. The van der Waals surface area contributed by atoms with Crippen LogP contribution in [-0.2, 0) is 16.1 Å². The molecule has 2 aromatic carbocycles. The molecule has 1 saturated heterocycles. The maximum atomic E-state index is 12.5. The Labute approximate surface area is 211 Å². The minimum Gasteiger partial charge on any atom is -0.494 e. The van der Waals surface area contributed by atoms with Crippen molar-refractivity contribution in [3.05, 3.63) is 65.7 Å². The number of thiocarbonyl (C=S) groups is 1. The van der Waals surface area contributed by atoms with E-state index in [0.29, 0.717) is 31.0 Å². The van der Waals surface area contributed by atoms with Crippen molar-refractivity contribution in [3.63, 3.8) is 0 Å². The van der Waals surface area contributed by atoms with Crippen LogP contribution in [0.15, 0.2) is 54.6 Å². The molecule has 0 spiro atoms. The van der Waals surface area contributed by atoms with Crippen molar-refractivity contribution < 1.29 is 19.1 Å². The van der Waals surface area contributed by atoms with Crippen LogP contribution >= 0.6 is 12.2 Å². The second-order valence-electron chi connectivity index (χ2n) is 8.49. The Bertz CT molecular complexity index is 1010. The van der Waals surface area contributed by atoms with E-state index < -0.39 is 11.8 Å². The molecule has 0 aromatic heterocycles. The number of nitrogens with zero attached hydrogens (tertiary/aromatic N) is 1. The molecule has 1 aliphatic rings. The molecule has 35 heavy (non-hydrogen) atoms. The Morgan fingerprint density at radius 1 is 1.03 bits per heavy atom. The first-order valence-electron chi connectivity index (χ1n) is 11.9. The van der Waals surface area contributed by atoms with Crippen LogP contribution in [0.2, 0.25) is 0 Å².